The second-order valence-corrected chi connectivity index (χ2v) is 5.73. The topological polar surface area (TPSA) is 50.7 Å². The summed E-state index contributed by atoms with van der Waals surface area (Å²) in [6.07, 6.45) is 5.37. The summed E-state index contributed by atoms with van der Waals surface area (Å²) in [5, 5.41) is 5.00. The first kappa shape index (κ1) is 14.3. The van der Waals surface area contributed by atoms with E-state index in [1.807, 2.05) is 19.2 Å². The van der Waals surface area contributed by atoms with Crippen LogP contribution in [-0.2, 0) is 6.42 Å². The molecule has 0 saturated heterocycles. The van der Waals surface area contributed by atoms with Gasteiger partial charge in [-0.05, 0) is 46.2 Å². The summed E-state index contributed by atoms with van der Waals surface area (Å²) in [4.78, 5) is 13.0. The van der Waals surface area contributed by atoms with Crippen LogP contribution >= 0.6 is 27.7 Å². The molecule has 4 nitrogen and oxygen atoms in total. The smallest absolute Gasteiger partial charge is 0.133 e. The third-order valence-electron chi connectivity index (χ3n) is 2.56. The van der Waals surface area contributed by atoms with Crippen molar-refractivity contribution in [2.45, 2.75) is 29.8 Å². The zero-order valence-electron chi connectivity index (χ0n) is 10.9. The van der Waals surface area contributed by atoms with Crippen molar-refractivity contribution in [2.75, 3.05) is 12.4 Å². The zero-order chi connectivity index (χ0) is 13.7. The van der Waals surface area contributed by atoms with E-state index >= 15 is 0 Å². The summed E-state index contributed by atoms with van der Waals surface area (Å²) in [5.74, 6) is 0.895. The van der Waals surface area contributed by atoms with Crippen LogP contribution in [0.1, 0.15) is 18.9 Å². The number of aromatic nitrogens is 3. The van der Waals surface area contributed by atoms with Gasteiger partial charge in [-0.3, -0.25) is 0 Å². The van der Waals surface area contributed by atoms with Gasteiger partial charge >= 0.3 is 0 Å². The fourth-order valence-electron chi connectivity index (χ4n) is 1.71. The maximum atomic E-state index is 4.39. The molecule has 0 atom stereocenters. The molecule has 2 aromatic heterocycles. The van der Waals surface area contributed by atoms with Gasteiger partial charge in [-0.15, -0.1) is 0 Å². The number of nitrogens with one attached hydrogen (secondary N) is 1. The number of halogens is 1. The number of anilines is 1. The van der Waals surface area contributed by atoms with Gasteiger partial charge in [-0.25, -0.2) is 15.0 Å². The lowest BCUT2D eigenvalue weighted by atomic mass is 10.2. The standard InChI is InChI=1S/C13H15BrN4S/c1-3-5-9-11(15-2)17-8-18-12(9)19-13-10(14)6-4-7-16-13/h4,6-8H,3,5H2,1-2H3,(H,15,17,18). The highest BCUT2D eigenvalue weighted by Crippen LogP contribution is 2.34. The minimum atomic E-state index is 0.895. The first-order chi connectivity index (χ1) is 9.26. The SMILES string of the molecule is CCCc1c(NC)ncnc1Sc1ncccc1Br. The van der Waals surface area contributed by atoms with Crippen molar-refractivity contribution in [3.8, 4) is 0 Å². The maximum Gasteiger partial charge on any atom is 0.133 e. The first-order valence-electron chi connectivity index (χ1n) is 6.06. The van der Waals surface area contributed by atoms with E-state index < -0.39 is 0 Å². The zero-order valence-corrected chi connectivity index (χ0v) is 13.3. The van der Waals surface area contributed by atoms with Crippen LogP contribution in [0.25, 0.3) is 0 Å². The Kier molecular flexibility index (Phi) is 5.15. The van der Waals surface area contributed by atoms with Crippen LogP contribution in [-0.4, -0.2) is 22.0 Å². The number of hydrogen-bond donors (Lipinski definition) is 1. The van der Waals surface area contributed by atoms with Crippen molar-refractivity contribution < 1.29 is 0 Å². The molecular formula is C13H15BrN4S. The van der Waals surface area contributed by atoms with Gasteiger partial charge in [0, 0.05) is 18.8 Å². The van der Waals surface area contributed by atoms with Gasteiger partial charge < -0.3 is 5.32 Å². The van der Waals surface area contributed by atoms with Crippen LogP contribution in [0.2, 0.25) is 0 Å². The minimum Gasteiger partial charge on any atom is -0.373 e. The van der Waals surface area contributed by atoms with Crippen LogP contribution < -0.4 is 5.32 Å². The fraction of sp³-hybridized carbons (Fsp3) is 0.308. The van der Waals surface area contributed by atoms with E-state index in [9.17, 15) is 0 Å². The molecule has 0 spiro atoms. The van der Waals surface area contributed by atoms with E-state index in [0.29, 0.717) is 0 Å². The van der Waals surface area contributed by atoms with Crippen LogP contribution in [0.5, 0.6) is 0 Å². The minimum absolute atomic E-state index is 0.895. The summed E-state index contributed by atoms with van der Waals surface area (Å²) in [6, 6.07) is 3.88. The largest absolute Gasteiger partial charge is 0.373 e. The van der Waals surface area contributed by atoms with E-state index in [1.54, 1.807) is 24.3 Å². The van der Waals surface area contributed by atoms with Gasteiger partial charge in [-0.1, -0.05) is 13.3 Å². The lowest BCUT2D eigenvalue weighted by Gasteiger charge is -2.11. The maximum absolute atomic E-state index is 4.39. The van der Waals surface area contributed by atoms with E-state index in [4.69, 9.17) is 0 Å². The Morgan fingerprint density at radius 3 is 2.79 bits per heavy atom. The molecule has 19 heavy (non-hydrogen) atoms. The molecule has 0 aromatic carbocycles. The van der Waals surface area contributed by atoms with E-state index in [1.165, 1.54) is 0 Å². The molecule has 0 aliphatic heterocycles. The predicted molar refractivity (Wildman–Crippen MR) is 81.6 cm³/mol. The average molecular weight is 339 g/mol. The Labute approximate surface area is 125 Å². The molecular weight excluding hydrogens is 324 g/mol. The average Bonchev–Trinajstić information content (AvgIpc) is 2.43. The van der Waals surface area contributed by atoms with Crippen molar-refractivity contribution in [3.63, 3.8) is 0 Å². The lowest BCUT2D eigenvalue weighted by molar-refractivity contribution is 0.857. The molecule has 2 aromatic rings. The molecule has 0 bridgehead atoms. The summed E-state index contributed by atoms with van der Waals surface area (Å²) in [7, 11) is 1.88. The van der Waals surface area contributed by atoms with Crippen LogP contribution in [0, 0.1) is 0 Å². The van der Waals surface area contributed by atoms with Gasteiger partial charge in [0.1, 0.15) is 22.2 Å². The lowest BCUT2D eigenvalue weighted by Crippen LogP contribution is -2.02. The Bertz CT molecular complexity index is 562. The number of pyridine rings is 1. The van der Waals surface area contributed by atoms with Crippen molar-refractivity contribution in [3.05, 3.63) is 34.7 Å². The molecule has 0 aliphatic rings. The molecule has 2 heterocycles. The second-order valence-electron chi connectivity index (χ2n) is 3.90. The summed E-state index contributed by atoms with van der Waals surface area (Å²) in [6.45, 7) is 2.15. The fourth-order valence-corrected chi connectivity index (χ4v) is 3.09. The molecule has 100 valence electrons. The molecule has 0 unspecified atom stereocenters. The first-order valence-corrected chi connectivity index (χ1v) is 7.67. The highest BCUT2D eigenvalue weighted by molar-refractivity contribution is 9.10. The molecule has 1 N–H and O–H groups in total. The molecule has 0 amide bonds. The Hall–Kier alpha value is -1.14. The van der Waals surface area contributed by atoms with Crippen molar-refractivity contribution >= 4 is 33.5 Å². The van der Waals surface area contributed by atoms with Gasteiger partial charge in [0.2, 0.25) is 0 Å². The normalized spacial score (nSPS) is 10.5. The molecule has 2 rings (SSSR count). The third kappa shape index (κ3) is 3.45. The highest BCUT2D eigenvalue weighted by Gasteiger charge is 2.13. The quantitative estimate of drug-likeness (QED) is 0.840. The van der Waals surface area contributed by atoms with Crippen molar-refractivity contribution in [2.24, 2.45) is 0 Å². The summed E-state index contributed by atoms with van der Waals surface area (Å²) < 4.78 is 0.979. The van der Waals surface area contributed by atoms with Crippen LogP contribution in [0.4, 0.5) is 5.82 Å². The number of rotatable bonds is 5. The van der Waals surface area contributed by atoms with E-state index in [-0.39, 0.29) is 0 Å². The Balaban J connectivity index is 2.37. The van der Waals surface area contributed by atoms with Crippen molar-refractivity contribution in [1.29, 1.82) is 0 Å². The van der Waals surface area contributed by atoms with Gasteiger partial charge in [0.05, 0.1) is 4.47 Å². The molecule has 0 aliphatic carbocycles. The second kappa shape index (κ2) is 6.86. The molecule has 6 heteroatoms. The summed E-state index contributed by atoms with van der Waals surface area (Å²) in [5.41, 5.74) is 1.15. The van der Waals surface area contributed by atoms with Gasteiger partial charge in [0.15, 0.2) is 0 Å². The Morgan fingerprint density at radius 1 is 1.26 bits per heavy atom. The van der Waals surface area contributed by atoms with Crippen LogP contribution in [0.3, 0.4) is 0 Å². The molecule has 0 saturated carbocycles. The number of nitrogens with zero attached hydrogens (tertiary/aromatic N) is 3. The van der Waals surface area contributed by atoms with E-state index in [0.717, 1.165) is 38.7 Å². The van der Waals surface area contributed by atoms with Gasteiger partial charge in [0.25, 0.3) is 0 Å². The highest BCUT2D eigenvalue weighted by atomic mass is 79.9. The Morgan fingerprint density at radius 2 is 2.11 bits per heavy atom. The predicted octanol–water partition coefficient (Wildman–Crippen LogP) is 3.78. The third-order valence-corrected chi connectivity index (χ3v) is 4.53. The monoisotopic (exact) mass is 338 g/mol. The molecule has 0 radical (unpaired) electrons. The summed E-state index contributed by atoms with van der Waals surface area (Å²) >= 11 is 5.07. The number of hydrogen-bond acceptors (Lipinski definition) is 5. The van der Waals surface area contributed by atoms with Crippen molar-refractivity contribution in [1.82, 2.24) is 15.0 Å². The van der Waals surface area contributed by atoms with Gasteiger partial charge in [-0.2, -0.15) is 0 Å². The van der Waals surface area contributed by atoms with E-state index in [2.05, 4.69) is 43.1 Å². The van der Waals surface area contributed by atoms with Crippen LogP contribution in [0.15, 0.2) is 39.2 Å². The molecule has 0 fully saturated rings.